The lowest BCUT2D eigenvalue weighted by molar-refractivity contribution is 0.0960. The van der Waals surface area contributed by atoms with E-state index in [0.29, 0.717) is 0 Å². The summed E-state index contributed by atoms with van der Waals surface area (Å²) in [5.41, 5.74) is 1.01. The molecule has 0 aliphatic heterocycles. The van der Waals surface area contributed by atoms with Gasteiger partial charge in [0, 0.05) is 5.92 Å². The number of hydrogen-bond acceptors (Lipinski definition) is 4. The maximum absolute atomic E-state index is 12.4. The van der Waals surface area contributed by atoms with E-state index in [1.165, 1.54) is 0 Å². The first-order valence-electron chi connectivity index (χ1n) is 6.64. The van der Waals surface area contributed by atoms with Crippen LogP contribution in [0.2, 0.25) is 0 Å². The Morgan fingerprint density at radius 1 is 1.20 bits per heavy atom. The minimum Gasteiger partial charge on any atom is -0.287 e. The number of phosphoric ester groups is 1. The molecule has 4 nitrogen and oxygen atoms in total. The van der Waals surface area contributed by atoms with Gasteiger partial charge in [-0.2, -0.15) is 0 Å². The fraction of sp³-hybridized carbons (Fsp3) is 0.467. The van der Waals surface area contributed by atoms with Crippen LogP contribution in [0.5, 0.6) is 0 Å². The molecular weight excluding hydrogens is 275 g/mol. The Labute approximate surface area is 121 Å². The highest BCUT2D eigenvalue weighted by molar-refractivity contribution is 7.48. The fourth-order valence-corrected chi connectivity index (χ4v) is 3.10. The van der Waals surface area contributed by atoms with Gasteiger partial charge in [-0.05, 0) is 19.4 Å². The third-order valence-corrected chi connectivity index (χ3v) is 4.40. The van der Waals surface area contributed by atoms with Crippen molar-refractivity contribution in [2.45, 2.75) is 32.8 Å². The molecular formula is C15H21O4P. The van der Waals surface area contributed by atoms with Crippen LogP contribution in [0.4, 0.5) is 0 Å². The minimum atomic E-state index is -3.61. The fourth-order valence-electron chi connectivity index (χ4n) is 1.75. The predicted octanol–water partition coefficient (Wildman–Crippen LogP) is 3.99. The van der Waals surface area contributed by atoms with E-state index in [1.54, 1.807) is 13.8 Å². The van der Waals surface area contributed by atoms with Crippen molar-refractivity contribution in [3.8, 4) is 12.3 Å². The number of phosphoric acid groups is 1. The van der Waals surface area contributed by atoms with E-state index in [0.717, 1.165) is 5.56 Å². The topological polar surface area (TPSA) is 44.8 Å². The van der Waals surface area contributed by atoms with Crippen LogP contribution in [0.3, 0.4) is 0 Å². The highest BCUT2D eigenvalue weighted by Gasteiger charge is 2.32. The van der Waals surface area contributed by atoms with Crippen LogP contribution in [0.15, 0.2) is 30.3 Å². The monoisotopic (exact) mass is 296 g/mol. The Morgan fingerprint density at radius 3 is 2.20 bits per heavy atom. The Bertz CT molecular complexity index is 470. The van der Waals surface area contributed by atoms with Crippen molar-refractivity contribution in [1.29, 1.82) is 0 Å². The summed E-state index contributed by atoms with van der Waals surface area (Å²) in [5.74, 6) is 2.40. The first-order chi connectivity index (χ1) is 9.56. The molecule has 0 saturated heterocycles. The van der Waals surface area contributed by atoms with E-state index in [2.05, 4.69) is 5.92 Å². The molecule has 0 radical (unpaired) electrons. The Hall–Kier alpha value is -1.11. The SMILES string of the molecule is C#CC(OP(=O)(OCC)OCC)C(C)c1ccccc1. The second kappa shape index (κ2) is 8.24. The van der Waals surface area contributed by atoms with E-state index < -0.39 is 13.9 Å². The lowest BCUT2D eigenvalue weighted by Gasteiger charge is -2.24. The zero-order chi connectivity index (χ0) is 15.0. The molecule has 0 N–H and O–H groups in total. The third-order valence-electron chi connectivity index (χ3n) is 2.76. The van der Waals surface area contributed by atoms with Gasteiger partial charge in [0.15, 0.2) is 0 Å². The molecule has 1 aromatic carbocycles. The Morgan fingerprint density at radius 2 is 1.75 bits per heavy atom. The van der Waals surface area contributed by atoms with Gasteiger partial charge in [0.05, 0.1) is 13.2 Å². The summed E-state index contributed by atoms with van der Waals surface area (Å²) in [6, 6.07) is 9.66. The molecule has 2 unspecified atom stereocenters. The smallest absolute Gasteiger partial charge is 0.287 e. The molecule has 110 valence electrons. The van der Waals surface area contributed by atoms with E-state index in [-0.39, 0.29) is 19.1 Å². The van der Waals surface area contributed by atoms with Crippen LogP contribution >= 0.6 is 7.82 Å². The average Bonchev–Trinajstić information content (AvgIpc) is 2.45. The van der Waals surface area contributed by atoms with Gasteiger partial charge in [-0.1, -0.05) is 43.2 Å². The molecule has 2 atom stereocenters. The molecule has 0 saturated carbocycles. The first-order valence-corrected chi connectivity index (χ1v) is 8.11. The van der Waals surface area contributed by atoms with Gasteiger partial charge in [-0.15, -0.1) is 6.42 Å². The van der Waals surface area contributed by atoms with Gasteiger partial charge in [0.25, 0.3) is 0 Å². The first kappa shape index (κ1) is 16.9. The minimum absolute atomic E-state index is 0.115. The molecule has 0 fully saturated rings. The van der Waals surface area contributed by atoms with Crippen LogP contribution in [0.1, 0.15) is 32.3 Å². The zero-order valence-electron chi connectivity index (χ0n) is 12.1. The molecule has 20 heavy (non-hydrogen) atoms. The number of benzene rings is 1. The summed E-state index contributed by atoms with van der Waals surface area (Å²) in [4.78, 5) is 0. The Kier molecular flexibility index (Phi) is 6.98. The van der Waals surface area contributed by atoms with Crippen molar-refractivity contribution in [3.05, 3.63) is 35.9 Å². The number of hydrogen-bond donors (Lipinski definition) is 0. The second-order valence-corrected chi connectivity index (χ2v) is 5.80. The van der Waals surface area contributed by atoms with Gasteiger partial charge in [-0.25, -0.2) is 4.57 Å². The third kappa shape index (κ3) is 4.77. The van der Waals surface area contributed by atoms with Gasteiger partial charge < -0.3 is 0 Å². The molecule has 0 heterocycles. The van der Waals surface area contributed by atoms with Gasteiger partial charge in [-0.3, -0.25) is 13.6 Å². The summed E-state index contributed by atoms with van der Waals surface area (Å²) in [5, 5.41) is 0. The van der Waals surface area contributed by atoms with Gasteiger partial charge >= 0.3 is 7.82 Å². The number of terminal acetylenes is 1. The number of rotatable bonds is 8. The lowest BCUT2D eigenvalue weighted by Crippen LogP contribution is -2.18. The van der Waals surface area contributed by atoms with E-state index in [9.17, 15) is 4.57 Å². The molecule has 0 amide bonds. The lowest BCUT2D eigenvalue weighted by atomic mass is 9.96. The summed E-state index contributed by atoms with van der Waals surface area (Å²) < 4.78 is 28.0. The standard InChI is InChI=1S/C15H21O4P/c1-5-15(13(4)14-11-9-8-10-12-14)19-20(16,17-6-2)18-7-3/h1,8-13,15H,6-7H2,2-4H3. The predicted molar refractivity (Wildman–Crippen MR) is 79.4 cm³/mol. The van der Waals surface area contributed by atoms with Crippen molar-refractivity contribution >= 4 is 7.82 Å². The molecule has 0 aliphatic rings. The molecule has 0 bridgehead atoms. The normalized spacial score (nSPS) is 14.5. The zero-order valence-corrected chi connectivity index (χ0v) is 13.0. The van der Waals surface area contributed by atoms with Crippen LogP contribution in [0.25, 0.3) is 0 Å². The van der Waals surface area contributed by atoms with Crippen LogP contribution in [0, 0.1) is 12.3 Å². The van der Waals surface area contributed by atoms with Crippen molar-refractivity contribution in [2.75, 3.05) is 13.2 Å². The molecule has 0 spiro atoms. The quantitative estimate of drug-likeness (QED) is 0.537. The summed E-state index contributed by atoms with van der Waals surface area (Å²) in [7, 11) is -3.61. The average molecular weight is 296 g/mol. The highest BCUT2D eigenvalue weighted by atomic mass is 31.2. The van der Waals surface area contributed by atoms with Crippen molar-refractivity contribution in [1.82, 2.24) is 0 Å². The van der Waals surface area contributed by atoms with Crippen LogP contribution in [-0.4, -0.2) is 19.3 Å². The maximum atomic E-state index is 12.4. The van der Waals surface area contributed by atoms with Crippen LogP contribution in [-0.2, 0) is 18.1 Å². The summed E-state index contributed by atoms with van der Waals surface area (Å²) in [6.07, 6.45) is 4.82. The second-order valence-electron chi connectivity index (χ2n) is 4.17. The van der Waals surface area contributed by atoms with Crippen molar-refractivity contribution in [2.24, 2.45) is 0 Å². The highest BCUT2D eigenvalue weighted by Crippen LogP contribution is 2.51. The van der Waals surface area contributed by atoms with Gasteiger partial charge in [0.2, 0.25) is 0 Å². The van der Waals surface area contributed by atoms with Crippen molar-refractivity contribution in [3.63, 3.8) is 0 Å². The van der Waals surface area contributed by atoms with Crippen LogP contribution < -0.4 is 0 Å². The molecule has 0 aromatic heterocycles. The largest absolute Gasteiger partial charge is 0.475 e. The summed E-state index contributed by atoms with van der Waals surface area (Å²) >= 11 is 0. The molecule has 5 heteroatoms. The van der Waals surface area contributed by atoms with E-state index in [1.807, 2.05) is 37.3 Å². The maximum Gasteiger partial charge on any atom is 0.475 e. The van der Waals surface area contributed by atoms with Gasteiger partial charge in [0.1, 0.15) is 6.10 Å². The molecule has 1 rings (SSSR count). The molecule has 0 aliphatic carbocycles. The van der Waals surface area contributed by atoms with Crippen molar-refractivity contribution < 1.29 is 18.1 Å². The molecule has 1 aromatic rings. The summed E-state index contributed by atoms with van der Waals surface area (Å²) in [6.45, 7) is 5.83. The van der Waals surface area contributed by atoms with E-state index in [4.69, 9.17) is 20.0 Å². The Balaban J connectivity index is 2.86. The van der Waals surface area contributed by atoms with E-state index >= 15 is 0 Å².